The van der Waals surface area contributed by atoms with E-state index in [0.717, 1.165) is 12.8 Å². The first-order chi connectivity index (χ1) is 13.0. The topological polar surface area (TPSA) is 88.4 Å². The van der Waals surface area contributed by atoms with Crippen molar-refractivity contribution >= 4 is 17.4 Å². The van der Waals surface area contributed by atoms with E-state index in [-0.39, 0.29) is 23.6 Å². The first-order valence-electron chi connectivity index (χ1n) is 9.22. The van der Waals surface area contributed by atoms with Crippen LogP contribution in [0.15, 0.2) is 42.5 Å². The summed E-state index contributed by atoms with van der Waals surface area (Å²) in [6.07, 6.45) is 1.66. The number of rotatable bonds is 5. The minimum Gasteiger partial charge on any atom is -0.367 e. The Morgan fingerprint density at radius 1 is 1.19 bits per heavy atom. The molecule has 1 aromatic heterocycles. The van der Waals surface area contributed by atoms with Crippen molar-refractivity contribution in [2.75, 3.05) is 18.4 Å². The molecule has 1 aliphatic rings. The van der Waals surface area contributed by atoms with Gasteiger partial charge in [0, 0.05) is 36.7 Å². The summed E-state index contributed by atoms with van der Waals surface area (Å²) in [6.45, 7) is 5.26. The summed E-state index contributed by atoms with van der Waals surface area (Å²) < 4.78 is 0. The number of hydrogen-bond acceptors (Lipinski definition) is 5. The molecule has 27 heavy (non-hydrogen) atoms. The quantitative estimate of drug-likeness (QED) is 0.642. The van der Waals surface area contributed by atoms with Crippen LogP contribution in [0.25, 0.3) is 11.3 Å². The second-order valence-electron chi connectivity index (χ2n) is 7.09. The van der Waals surface area contributed by atoms with Crippen LogP contribution in [0.1, 0.15) is 26.7 Å². The molecule has 2 aromatic rings. The molecule has 0 aliphatic carbocycles. The number of carbonyl (C=O) groups is 1. The van der Waals surface area contributed by atoms with E-state index in [1.54, 1.807) is 6.07 Å². The summed E-state index contributed by atoms with van der Waals surface area (Å²) in [5.41, 5.74) is 1.06. The molecular formula is C20H24N4O3. The highest BCUT2D eigenvalue weighted by Crippen LogP contribution is 2.29. The molecule has 1 aliphatic heterocycles. The summed E-state index contributed by atoms with van der Waals surface area (Å²) in [7, 11) is 0. The summed E-state index contributed by atoms with van der Waals surface area (Å²) in [6, 6.07) is 12.5. The average Bonchev–Trinajstić information content (AvgIpc) is 2.68. The standard InChI is InChI=1S/C20H24N4O3/c1-14(2)20(25)23-12-10-16(11-13-23)21-18-9-8-17(24(26)27)19(22-18)15-6-4-3-5-7-15/h3-9,14,16H,10-13H2,1-2H3,(H,21,22). The number of piperidine rings is 1. The molecule has 0 bridgehead atoms. The van der Waals surface area contributed by atoms with Crippen LogP contribution in [0.4, 0.5) is 11.5 Å². The number of amides is 1. The number of nitro groups is 1. The summed E-state index contributed by atoms with van der Waals surface area (Å²) in [4.78, 5) is 29.5. The van der Waals surface area contributed by atoms with Crippen molar-refractivity contribution in [2.45, 2.75) is 32.7 Å². The maximum atomic E-state index is 12.1. The number of hydrogen-bond donors (Lipinski definition) is 1. The Hall–Kier alpha value is -2.96. The van der Waals surface area contributed by atoms with Gasteiger partial charge in [0.25, 0.3) is 5.69 Å². The van der Waals surface area contributed by atoms with Gasteiger partial charge < -0.3 is 10.2 Å². The molecular weight excluding hydrogens is 344 g/mol. The molecule has 1 amide bonds. The second kappa shape index (κ2) is 8.16. The SMILES string of the molecule is CC(C)C(=O)N1CCC(Nc2ccc([N+](=O)[O-])c(-c3ccccc3)n2)CC1. The van der Waals surface area contributed by atoms with Crippen LogP contribution in [-0.2, 0) is 4.79 Å². The van der Waals surface area contributed by atoms with Crippen LogP contribution in [-0.4, -0.2) is 39.8 Å². The van der Waals surface area contributed by atoms with Crippen LogP contribution >= 0.6 is 0 Å². The van der Waals surface area contributed by atoms with E-state index in [4.69, 9.17) is 0 Å². The van der Waals surface area contributed by atoms with Crippen molar-refractivity contribution in [3.8, 4) is 11.3 Å². The lowest BCUT2D eigenvalue weighted by Gasteiger charge is -2.33. The number of nitrogens with one attached hydrogen (secondary N) is 1. The second-order valence-corrected chi connectivity index (χ2v) is 7.09. The molecule has 7 heteroatoms. The zero-order valence-corrected chi connectivity index (χ0v) is 15.6. The molecule has 3 rings (SSSR count). The Morgan fingerprint density at radius 2 is 1.85 bits per heavy atom. The van der Waals surface area contributed by atoms with Gasteiger partial charge in [0.15, 0.2) is 5.69 Å². The van der Waals surface area contributed by atoms with Gasteiger partial charge in [0.1, 0.15) is 5.82 Å². The molecule has 1 aromatic carbocycles. The first kappa shape index (κ1) is 18.8. The van der Waals surface area contributed by atoms with Gasteiger partial charge in [-0.3, -0.25) is 14.9 Å². The lowest BCUT2D eigenvalue weighted by Crippen LogP contribution is -2.44. The van der Waals surface area contributed by atoms with E-state index in [1.807, 2.05) is 49.1 Å². The molecule has 2 heterocycles. The number of pyridine rings is 1. The number of carbonyl (C=O) groups excluding carboxylic acids is 1. The lowest BCUT2D eigenvalue weighted by molar-refractivity contribution is -0.384. The number of anilines is 1. The van der Waals surface area contributed by atoms with Crippen molar-refractivity contribution in [1.82, 2.24) is 9.88 Å². The van der Waals surface area contributed by atoms with Gasteiger partial charge in [0.2, 0.25) is 5.91 Å². The van der Waals surface area contributed by atoms with Gasteiger partial charge in [-0.05, 0) is 18.9 Å². The van der Waals surface area contributed by atoms with Crippen LogP contribution in [0.5, 0.6) is 0 Å². The number of nitrogens with zero attached hydrogens (tertiary/aromatic N) is 3. The third-order valence-electron chi connectivity index (χ3n) is 4.77. The Kier molecular flexibility index (Phi) is 5.69. The first-order valence-corrected chi connectivity index (χ1v) is 9.22. The van der Waals surface area contributed by atoms with Crippen LogP contribution in [0, 0.1) is 16.0 Å². The van der Waals surface area contributed by atoms with Gasteiger partial charge in [-0.15, -0.1) is 0 Å². The molecule has 0 saturated carbocycles. The van der Waals surface area contributed by atoms with E-state index in [0.29, 0.717) is 30.2 Å². The Labute approximate surface area is 158 Å². The highest BCUT2D eigenvalue weighted by Gasteiger charge is 2.25. The maximum absolute atomic E-state index is 12.1. The predicted molar refractivity (Wildman–Crippen MR) is 104 cm³/mol. The molecule has 0 spiro atoms. The summed E-state index contributed by atoms with van der Waals surface area (Å²) in [5, 5.41) is 14.7. The normalized spacial score (nSPS) is 15.0. The molecule has 1 saturated heterocycles. The minimum absolute atomic E-state index is 0.0101. The van der Waals surface area contributed by atoms with Gasteiger partial charge in [0.05, 0.1) is 4.92 Å². The molecule has 0 radical (unpaired) electrons. The highest BCUT2D eigenvalue weighted by atomic mass is 16.6. The van der Waals surface area contributed by atoms with Crippen LogP contribution in [0.2, 0.25) is 0 Å². The van der Waals surface area contributed by atoms with Crippen molar-refractivity contribution in [2.24, 2.45) is 5.92 Å². The molecule has 7 nitrogen and oxygen atoms in total. The maximum Gasteiger partial charge on any atom is 0.295 e. The number of aromatic nitrogens is 1. The molecule has 142 valence electrons. The fourth-order valence-electron chi connectivity index (χ4n) is 3.31. The zero-order valence-electron chi connectivity index (χ0n) is 15.6. The number of likely N-dealkylation sites (tertiary alicyclic amines) is 1. The van der Waals surface area contributed by atoms with Gasteiger partial charge in [-0.1, -0.05) is 44.2 Å². The lowest BCUT2D eigenvalue weighted by atomic mass is 10.0. The predicted octanol–water partition coefficient (Wildman–Crippen LogP) is 3.72. The fraction of sp³-hybridized carbons (Fsp3) is 0.400. The van der Waals surface area contributed by atoms with Crippen LogP contribution < -0.4 is 5.32 Å². The van der Waals surface area contributed by atoms with E-state index in [1.165, 1.54) is 6.07 Å². The molecule has 1 fully saturated rings. The number of benzene rings is 1. The molecule has 0 unspecified atom stereocenters. The largest absolute Gasteiger partial charge is 0.367 e. The van der Waals surface area contributed by atoms with Crippen molar-refractivity contribution in [3.63, 3.8) is 0 Å². The van der Waals surface area contributed by atoms with E-state index in [2.05, 4.69) is 10.3 Å². The Balaban J connectivity index is 1.73. The van der Waals surface area contributed by atoms with Crippen molar-refractivity contribution in [3.05, 3.63) is 52.6 Å². The Morgan fingerprint density at radius 3 is 2.44 bits per heavy atom. The fourth-order valence-corrected chi connectivity index (χ4v) is 3.31. The smallest absolute Gasteiger partial charge is 0.295 e. The van der Waals surface area contributed by atoms with Crippen molar-refractivity contribution in [1.29, 1.82) is 0 Å². The van der Waals surface area contributed by atoms with E-state index < -0.39 is 4.92 Å². The van der Waals surface area contributed by atoms with Crippen LogP contribution in [0.3, 0.4) is 0 Å². The molecule has 0 atom stereocenters. The molecule has 1 N–H and O–H groups in total. The van der Waals surface area contributed by atoms with Crippen molar-refractivity contribution < 1.29 is 9.72 Å². The Bertz CT molecular complexity index is 815. The highest BCUT2D eigenvalue weighted by molar-refractivity contribution is 5.78. The van der Waals surface area contributed by atoms with Gasteiger partial charge >= 0.3 is 0 Å². The van der Waals surface area contributed by atoms with E-state index in [9.17, 15) is 14.9 Å². The monoisotopic (exact) mass is 368 g/mol. The van der Waals surface area contributed by atoms with E-state index >= 15 is 0 Å². The average molecular weight is 368 g/mol. The summed E-state index contributed by atoms with van der Waals surface area (Å²) in [5.74, 6) is 0.820. The van der Waals surface area contributed by atoms with Gasteiger partial charge in [-0.25, -0.2) is 4.98 Å². The third-order valence-corrected chi connectivity index (χ3v) is 4.77. The summed E-state index contributed by atoms with van der Waals surface area (Å²) >= 11 is 0. The van der Waals surface area contributed by atoms with Gasteiger partial charge in [-0.2, -0.15) is 0 Å². The minimum atomic E-state index is -0.408. The third kappa shape index (κ3) is 4.42. The zero-order chi connectivity index (χ0) is 19.4.